The van der Waals surface area contributed by atoms with Crippen LogP contribution in [-0.2, 0) is 0 Å². The van der Waals surface area contributed by atoms with E-state index in [0.29, 0.717) is 11.1 Å². The number of hydrogen-bond acceptors (Lipinski definition) is 5. The maximum atomic E-state index is 12.1. The maximum Gasteiger partial charge on any atom is 0.267 e. The summed E-state index contributed by atoms with van der Waals surface area (Å²) in [5.74, 6) is 0. The van der Waals surface area contributed by atoms with Crippen LogP contribution in [-0.4, -0.2) is 18.1 Å². The average Bonchev–Trinajstić information content (AvgIpc) is 3.28. The largest absolute Gasteiger partial charge is 0.372 e. The van der Waals surface area contributed by atoms with Gasteiger partial charge in [0.15, 0.2) is 0 Å². The molecule has 0 radical (unpaired) electrons. The Morgan fingerprint density at radius 3 is 1.90 bits per heavy atom. The van der Waals surface area contributed by atoms with Gasteiger partial charge in [0, 0.05) is 24.3 Å². The Morgan fingerprint density at radius 2 is 1.34 bits per heavy atom. The first kappa shape index (κ1) is 18.9. The number of aromatic amines is 1. The third-order valence-corrected chi connectivity index (χ3v) is 5.60. The Bertz CT molecular complexity index is 1190. The molecule has 0 spiro atoms. The van der Waals surface area contributed by atoms with Crippen molar-refractivity contribution < 1.29 is 0 Å². The van der Waals surface area contributed by atoms with Crippen LogP contribution in [0.4, 0.5) is 5.69 Å². The Hall–Kier alpha value is -3.48. The van der Waals surface area contributed by atoms with Gasteiger partial charge in [-0.05, 0) is 41.7 Å². The average molecular weight is 398 g/mol. The van der Waals surface area contributed by atoms with Gasteiger partial charge in [-0.25, -0.2) is 0 Å². The highest BCUT2D eigenvalue weighted by Gasteiger charge is 2.18. The summed E-state index contributed by atoms with van der Waals surface area (Å²) in [6.07, 6.45) is 2.49. The number of anilines is 1. The molecular weight excluding hydrogens is 380 g/mol. The lowest BCUT2D eigenvalue weighted by Gasteiger charge is -2.17. The molecule has 2 aromatic carbocycles. The molecule has 1 aliphatic rings. The molecule has 4 rings (SSSR count). The Balaban J connectivity index is 1.70. The number of aromatic nitrogens is 1. The van der Waals surface area contributed by atoms with Crippen molar-refractivity contribution in [3.05, 3.63) is 70.0 Å². The van der Waals surface area contributed by atoms with E-state index in [1.807, 2.05) is 36.4 Å². The lowest BCUT2D eigenvalue weighted by molar-refractivity contribution is 0.949. The Labute approximate surface area is 174 Å². The van der Waals surface area contributed by atoms with Gasteiger partial charge in [0.05, 0.1) is 10.6 Å². The van der Waals surface area contributed by atoms with Crippen LogP contribution in [0.25, 0.3) is 22.3 Å². The van der Waals surface area contributed by atoms with Crippen LogP contribution in [0.5, 0.6) is 0 Å². The molecule has 29 heavy (non-hydrogen) atoms. The molecule has 0 atom stereocenters. The van der Waals surface area contributed by atoms with Gasteiger partial charge >= 0.3 is 0 Å². The third-order valence-electron chi connectivity index (χ3n) is 5.26. The summed E-state index contributed by atoms with van der Waals surface area (Å²) in [5, 5.41) is 19.1. The van der Waals surface area contributed by atoms with Crippen molar-refractivity contribution in [2.75, 3.05) is 18.0 Å². The minimum absolute atomic E-state index is 0.0814. The van der Waals surface area contributed by atoms with Crippen molar-refractivity contribution in [1.82, 2.24) is 4.98 Å². The molecule has 1 aromatic heterocycles. The van der Waals surface area contributed by atoms with E-state index in [9.17, 15) is 15.3 Å². The van der Waals surface area contributed by atoms with E-state index >= 15 is 0 Å². The zero-order valence-electron chi connectivity index (χ0n) is 15.6. The van der Waals surface area contributed by atoms with Crippen LogP contribution in [0, 0.1) is 22.7 Å². The smallest absolute Gasteiger partial charge is 0.267 e. The second-order valence-corrected chi connectivity index (χ2v) is 7.42. The van der Waals surface area contributed by atoms with Gasteiger partial charge in [-0.15, -0.1) is 12.6 Å². The van der Waals surface area contributed by atoms with Crippen molar-refractivity contribution in [2.45, 2.75) is 17.9 Å². The number of nitriles is 2. The maximum absolute atomic E-state index is 12.1. The lowest BCUT2D eigenvalue weighted by Crippen LogP contribution is -2.17. The molecule has 6 heteroatoms. The van der Waals surface area contributed by atoms with E-state index in [2.05, 4.69) is 46.8 Å². The standard InChI is InChI=1S/C23H18N4OS/c24-13-19-21(20(14-25)23(29)26-22(19)28)17-5-3-15(4-6-17)16-7-9-18(10-8-16)27-11-1-2-12-27/h3-10H,1-2,11-12H2,(H2,26,28,29). The van der Waals surface area contributed by atoms with Crippen molar-refractivity contribution in [1.29, 1.82) is 10.5 Å². The first-order chi connectivity index (χ1) is 14.1. The number of hydrogen-bond donors (Lipinski definition) is 2. The highest BCUT2D eigenvalue weighted by atomic mass is 32.1. The first-order valence-electron chi connectivity index (χ1n) is 9.37. The van der Waals surface area contributed by atoms with Crippen LogP contribution in [0.2, 0.25) is 0 Å². The van der Waals surface area contributed by atoms with Crippen molar-refractivity contribution in [3.8, 4) is 34.4 Å². The fraction of sp³-hybridized carbons (Fsp3) is 0.174. The zero-order valence-corrected chi connectivity index (χ0v) is 16.5. The number of nitrogens with one attached hydrogen (secondary N) is 1. The number of H-pyrrole nitrogens is 1. The molecule has 0 amide bonds. The van der Waals surface area contributed by atoms with Crippen LogP contribution in [0.1, 0.15) is 24.0 Å². The minimum atomic E-state index is -0.548. The number of thiol groups is 1. The van der Waals surface area contributed by atoms with Gasteiger partial charge in [-0.1, -0.05) is 36.4 Å². The summed E-state index contributed by atoms with van der Waals surface area (Å²) in [5.41, 5.74) is 3.86. The van der Waals surface area contributed by atoms with Crippen molar-refractivity contribution in [3.63, 3.8) is 0 Å². The van der Waals surface area contributed by atoms with Crippen LogP contribution in [0.15, 0.2) is 58.4 Å². The molecule has 0 aliphatic carbocycles. The second kappa shape index (κ2) is 7.87. The molecule has 1 aliphatic heterocycles. The van der Waals surface area contributed by atoms with E-state index in [-0.39, 0.29) is 16.2 Å². The Morgan fingerprint density at radius 1 is 0.828 bits per heavy atom. The first-order valence-corrected chi connectivity index (χ1v) is 9.82. The van der Waals surface area contributed by atoms with E-state index in [0.717, 1.165) is 24.2 Å². The molecule has 2 heterocycles. The van der Waals surface area contributed by atoms with Gasteiger partial charge in [-0.2, -0.15) is 10.5 Å². The summed E-state index contributed by atoms with van der Waals surface area (Å²) in [7, 11) is 0. The van der Waals surface area contributed by atoms with Crippen LogP contribution < -0.4 is 10.5 Å². The highest BCUT2D eigenvalue weighted by Crippen LogP contribution is 2.31. The quantitative estimate of drug-likeness (QED) is 0.643. The molecule has 3 aromatic rings. The van der Waals surface area contributed by atoms with E-state index < -0.39 is 5.56 Å². The van der Waals surface area contributed by atoms with Gasteiger partial charge in [0.25, 0.3) is 5.56 Å². The fourth-order valence-corrected chi connectivity index (χ4v) is 4.03. The topological polar surface area (TPSA) is 83.7 Å². The SMILES string of the molecule is N#Cc1c(S)[nH]c(=O)c(C#N)c1-c1ccc(-c2ccc(N3CCCC3)cc2)cc1. The predicted molar refractivity (Wildman–Crippen MR) is 116 cm³/mol. The summed E-state index contributed by atoms with van der Waals surface area (Å²) >= 11 is 4.19. The number of pyridine rings is 1. The molecule has 142 valence electrons. The predicted octanol–water partition coefficient (Wildman–Crippen LogP) is 4.34. The molecule has 1 saturated heterocycles. The monoisotopic (exact) mass is 398 g/mol. The molecule has 0 bridgehead atoms. The molecular formula is C23H18N4OS. The Kier molecular flexibility index (Phi) is 5.12. The summed E-state index contributed by atoms with van der Waals surface area (Å²) in [6, 6.07) is 19.9. The van der Waals surface area contributed by atoms with E-state index in [1.165, 1.54) is 18.5 Å². The zero-order chi connectivity index (χ0) is 20.4. The lowest BCUT2D eigenvalue weighted by atomic mass is 9.95. The van der Waals surface area contributed by atoms with E-state index in [1.54, 1.807) is 0 Å². The molecule has 0 unspecified atom stereocenters. The normalized spacial score (nSPS) is 13.1. The number of rotatable bonds is 3. The minimum Gasteiger partial charge on any atom is -0.372 e. The second-order valence-electron chi connectivity index (χ2n) is 6.97. The summed E-state index contributed by atoms with van der Waals surface area (Å²) in [6.45, 7) is 2.22. The highest BCUT2D eigenvalue weighted by molar-refractivity contribution is 7.80. The molecule has 1 fully saturated rings. The van der Waals surface area contributed by atoms with Gasteiger partial charge in [0.2, 0.25) is 0 Å². The number of benzene rings is 2. The fourth-order valence-electron chi connectivity index (χ4n) is 3.76. The van der Waals surface area contributed by atoms with E-state index in [4.69, 9.17) is 0 Å². The van der Waals surface area contributed by atoms with Gasteiger partial charge < -0.3 is 9.88 Å². The van der Waals surface area contributed by atoms with Crippen molar-refractivity contribution >= 4 is 18.3 Å². The molecule has 5 nitrogen and oxygen atoms in total. The van der Waals surface area contributed by atoms with Crippen molar-refractivity contribution in [2.24, 2.45) is 0 Å². The van der Waals surface area contributed by atoms with Gasteiger partial charge in [0.1, 0.15) is 17.7 Å². The molecule has 0 saturated carbocycles. The van der Waals surface area contributed by atoms with Gasteiger partial charge in [-0.3, -0.25) is 4.79 Å². The van der Waals surface area contributed by atoms with Crippen LogP contribution >= 0.6 is 12.6 Å². The van der Waals surface area contributed by atoms with Crippen LogP contribution in [0.3, 0.4) is 0 Å². The summed E-state index contributed by atoms with van der Waals surface area (Å²) < 4.78 is 0. The third kappa shape index (κ3) is 3.51. The summed E-state index contributed by atoms with van der Waals surface area (Å²) in [4.78, 5) is 17.0. The number of nitrogens with zero attached hydrogens (tertiary/aromatic N) is 3. The molecule has 1 N–H and O–H groups in total.